The second kappa shape index (κ2) is 11.2. The van der Waals surface area contributed by atoms with Crippen LogP contribution in [0.2, 0.25) is 0 Å². The number of hydrogen-bond donors (Lipinski definition) is 1. The van der Waals surface area contributed by atoms with Crippen molar-refractivity contribution in [3.8, 4) is 5.75 Å². The second-order valence-corrected chi connectivity index (χ2v) is 11.2. The Morgan fingerprint density at radius 3 is 2.65 bits per heavy atom. The van der Waals surface area contributed by atoms with Gasteiger partial charge in [0.05, 0.1) is 12.0 Å². The zero-order valence-corrected chi connectivity index (χ0v) is 22.1. The van der Waals surface area contributed by atoms with Crippen LogP contribution in [0.4, 0.5) is 0 Å². The van der Waals surface area contributed by atoms with Gasteiger partial charge >= 0.3 is 5.97 Å². The number of rotatable bonds is 9. The molecule has 1 aliphatic carbocycles. The van der Waals surface area contributed by atoms with Gasteiger partial charge in [0, 0.05) is 43.1 Å². The Hall–Kier alpha value is -2.93. The van der Waals surface area contributed by atoms with E-state index in [9.17, 15) is 14.7 Å². The summed E-state index contributed by atoms with van der Waals surface area (Å²) in [6, 6.07) is 11.0. The molecule has 0 spiro atoms. The first-order chi connectivity index (χ1) is 17.9. The van der Waals surface area contributed by atoms with Crippen LogP contribution < -0.4 is 4.74 Å². The number of aliphatic carboxylic acids is 1. The van der Waals surface area contributed by atoms with Gasteiger partial charge in [0.15, 0.2) is 0 Å². The van der Waals surface area contributed by atoms with Gasteiger partial charge in [-0.25, -0.2) is 0 Å². The molecular formula is C30H39N3O4. The summed E-state index contributed by atoms with van der Waals surface area (Å²) >= 11 is 0. The predicted octanol–water partition coefficient (Wildman–Crippen LogP) is 4.29. The van der Waals surface area contributed by atoms with Gasteiger partial charge in [0.2, 0.25) is 5.91 Å². The van der Waals surface area contributed by atoms with Gasteiger partial charge in [0.25, 0.3) is 0 Å². The standard InChI is InChI=1S/C30H39N3O4/c1-20(2)37-27-10-6-4-8-25(27)28(30(35)36)33-18-23(19-33)29(34)32-16-15-21(17-32)11-13-24-14-12-22-7-3-5-9-26(22)31-24/h4,6,8,10,12,14,20-21,23,28H,3,5,7,9,11,13,15-19H2,1-2H3,(H,35,36)/t21-,28+/m1/s1. The van der Waals surface area contributed by atoms with Crippen molar-refractivity contribution in [3.63, 3.8) is 0 Å². The zero-order valence-electron chi connectivity index (χ0n) is 22.1. The molecule has 2 aromatic rings. The van der Waals surface area contributed by atoms with Crippen LogP contribution in [0.1, 0.15) is 68.1 Å². The minimum atomic E-state index is -0.914. The van der Waals surface area contributed by atoms with Crippen molar-refractivity contribution in [2.45, 2.75) is 70.9 Å². The summed E-state index contributed by atoms with van der Waals surface area (Å²) < 4.78 is 5.88. The van der Waals surface area contributed by atoms with Crippen molar-refractivity contribution in [1.29, 1.82) is 0 Å². The van der Waals surface area contributed by atoms with E-state index in [1.54, 1.807) is 0 Å². The molecule has 198 valence electrons. The molecule has 5 rings (SSSR count). The van der Waals surface area contributed by atoms with Gasteiger partial charge in [0.1, 0.15) is 11.8 Å². The highest BCUT2D eigenvalue weighted by Gasteiger charge is 2.43. The monoisotopic (exact) mass is 505 g/mol. The summed E-state index contributed by atoms with van der Waals surface area (Å²) in [6.45, 7) is 6.38. The molecule has 7 nitrogen and oxygen atoms in total. The molecule has 3 aliphatic rings. The van der Waals surface area contributed by atoms with Crippen LogP contribution in [-0.2, 0) is 28.9 Å². The third-order valence-corrected chi connectivity index (χ3v) is 8.08. The van der Waals surface area contributed by atoms with Crippen molar-refractivity contribution >= 4 is 11.9 Å². The predicted molar refractivity (Wildman–Crippen MR) is 142 cm³/mol. The average Bonchev–Trinajstić information content (AvgIpc) is 3.33. The highest BCUT2D eigenvalue weighted by Crippen LogP contribution is 2.36. The van der Waals surface area contributed by atoms with Gasteiger partial charge in [-0.2, -0.15) is 0 Å². The van der Waals surface area contributed by atoms with Gasteiger partial charge < -0.3 is 14.7 Å². The van der Waals surface area contributed by atoms with E-state index in [4.69, 9.17) is 9.72 Å². The van der Waals surface area contributed by atoms with Crippen molar-refractivity contribution in [2.75, 3.05) is 26.2 Å². The Labute approximate surface area is 219 Å². The number of para-hydroxylation sites is 1. The molecule has 2 fully saturated rings. The van der Waals surface area contributed by atoms with Gasteiger partial charge in [-0.3, -0.25) is 19.5 Å². The molecule has 1 amide bonds. The molecule has 1 aromatic heterocycles. The van der Waals surface area contributed by atoms with Crippen LogP contribution in [-0.4, -0.2) is 64.0 Å². The van der Waals surface area contributed by atoms with Crippen LogP contribution >= 0.6 is 0 Å². The summed E-state index contributed by atoms with van der Waals surface area (Å²) in [6.07, 6.45) is 7.79. The first-order valence-electron chi connectivity index (χ1n) is 13.9. The highest BCUT2D eigenvalue weighted by molar-refractivity contribution is 5.82. The number of carbonyl (C=O) groups excluding carboxylic acids is 1. The SMILES string of the molecule is CC(C)Oc1ccccc1[C@@H](C(=O)O)N1CC(C(=O)N2CC[C@@H](CCc3ccc4c(n3)CCCC4)C2)C1. The summed E-state index contributed by atoms with van der Waals surface area (Å²) in [5.41, 5.74) is 4.54. The minimum absolute atomic E-state index is 0.0487. The fourth-order valence-electron chi connectivity index (χ4n) is 6.08. The Balaban J connectivity index is 1.13. The van der Waals surface area contributed by atoms with E-state index >= 15 is 0 Å². The number of pyridine rings is 1. The minimum Gasteiger partial charge on any atom is -0.491 e. The van der Waals surface area contributed by atoms with Gasteiger partial charge in [-0.15, -0.1) is 0 Å². The number of fused-ring (bicyclic) bond motifs is 1. The molecule has 0 unspecified atom stereocenters. The van der Waals surface area contributed by atoms with Crippen molar-refractivity contribution in [2.24, 2.45) is 11.8 Å². The number of carboxylic acids is 1. The molecule has 3 heterocycles. The summed E-state index contributed by atoms with van der Waals surface area (Å²) in [5.74, 6) is 0.214. The lowest BCUT2D eigenvalue weighted by Crippen LogP contribution is -2.56. The van der Waals surface area contributed by atoms with Crippen LogP contribution in [0.5, 0.6) is 5.75 Å². The van der Waals surface area contributed by atoms with Crippen molar-refractivity contribution in [3.05, 3.63) is 58.9 Å². The largest absolute Gasteiger partial charge is 0.491 e. The van der Waals surface area contributed by atoms with E-state index in [0.717, 1.165) is 45.2 Å². The molecule has 7 heteroatoms. The van der Waals surface area contributed by atoms with Crippen LogP contribution in [0.3, 0.4) is 0 Å². The number of ether oxygens (including phenoxy) is 1. The molecule has 0 saturated carbocycles. The quantitative estimate of drug-likeness (QED) is 0.548. The lowest BCUT2D eigenvalue weighted by Gasteiger charge is -2.43. The molecule has 2 aliphatic heterocycles. The van der Waals surface area contributed by atoms with Crippen molar-refractivity contribution < 1.29 is 19.4 Å². The number of likely N-dealkylation sites (tertiary alicyclic amines) is 2. The topological polar surface area (TPSA) is 83.0 Å². The molecule has 2 atom stereocenters. The first kappa shape index (κ1) is 25.7. The molecule has 1 N–H and O–H groups in total. The van der Waals surface area contributed by atoms with E-state index in [0.29, 0.717) is 30.3 Å². The van der Waals surface area contributed by atoms with Crippen LogP contribution in [0.15, 0.2) is 36.4 Å². The molecule has 1 aromatic carbocycles. The number of carbonyl (C=O) groups is 2. The Morgan fingerprint density at radius 2 is 1.86 bits per heavy atom. The normalized spacial score (nSPS) is 20.9. The molecule has 2 saturated heterocycles. The Morgan fingerprint density at radius 1 is 1.08 bits per heavy atom. The maximum Gasteiger partial charge on any atom is 0.325 e. The highest BCUT2D eigenvalue weighted by atomic mass is 16.5. The number of aryl methyl sites for hydroxylation is 3. The number of benzene rings is 1. The summed E-state index contributed by atoms with van der Waals surface area (Å²) in [5, 5.41) is 10.0. The van der Waals surface area contributed by atoms with Crippen LogP contribution in [0.25, 0.3) is 0 Å². The summed E-state index contributed by atoms with van der Waals surface area (Å²) in [7, 11) is 0. The lowest BCUT2D eigenvalue weighted by molar-refractivity contribution is -0.152. The van der Waals surface area contributed by atoms with E-state index in [2.05, 4.69) is 12.1 Å². The number of amides is 1. The fourth-order valence-corrected chi connectivity index (χ4v) is 6.08. The number of carboxylic acid groups (broad SMARTS) is 1. The smallest absolute Gasteiger partial charge is 0.325 e. The Kier molecular flexibility index (Phi) is 7.79. The molecule has 37 heavy (non-hydrogen) atoms. The van der Waals surface area contributed by atoms with Crippen molar-refractivity contribution in [1.82, 2.24) is 14.8 Å². The first-order valence-corrected chi connectivity index (χ1v) is 13.9. The molecule has 0 bridgehead atoms. The second-order valence-electron chi connectivity index (χ2n) is 11.2. The average molecular weight is 506 g/mol. The van der Waals surface area contributed by atoms with E-state index < -0.39 is 12.0 Å². The summed E-state index contributed by atoms with van der Waals surface area (Å²) in [4.78, 5) is 34.2. The Bertz CT molecular complexity index is 1130. The third kappa shape index (κ3) is 5.82. The molecular weight excluding hydrogens is 466 g/mol. The third-order valence-electron chi connectivity index (χ3n) is 8.08. The van der Waals surface area contributed by atoms with E-state index in [1.165, 1.54) is 29.8 Å². The van der Waals surface area contributed by atoms with E-state index in [1.807, 2.05) is 47.9 Å². The van der Waals surface area contributed by atoms with Crippen LogP contribution in [0, 0.1) is 11.8 Å². The number of aromatic nitrogens is 1. The zero-order chi connectivity index (χ0) is 25.9. The van der Waals surface area contributed by atoms with Gasteiger partial charge in [-0.05, 0) is 82.4 Å². The van der Waals surface area contributed by atoms with E-state index in [-0.39, 0.29) is 17.9 Å². The fraction of sp³-hybridized carbons (Fsp3) is 0.567. The maximum absolute atomic E-state index is 13.2. The lowest BCUT2D eigenvalue weighted by atomic mass is 9.92. The van der Waals surface area contributed by atoms with Gasteiger partial charge in [-0.1, -0.05) is 24.3 Å². The molecule has 0 radical (unpaired) electrons. The number of nitrogens with zero attached hydrogens (tertiary/aromatic N) is 3. The number of hydrogen-bond acceptors (Lipinski definition) is 5. The maximum atomic E-state index is 13.2.